The number of hydrogen-bond donors (Lipinski definition) is 1. The summed E-state index contributed by atoms with van der Waals surface area (Å²) in [5, 5.41) is 11.2. The van der Waals surface area contributed by atoms with E-state index in [1.54, 1.807) is 55.6 Å². The summed E-state index contributed by atoms with van der Waals surface area (Å²) in [6.45, 7) is 0. The Morgan fingerprint density at radius 3 is 2.57 bits per heavy atom. The minimum Gasteiger partial charge on any atom is -0.507 e. The number of aromatic hydroxyl groups is 1. The fraction of sp³-hybridized carbons (Fsp3) is 0.111. The monoisotopic (exact) mass is 307 g/mol. The Hall–Kier alpha value is -3.08. The van der Waals surface area contributed by atoms with E-state index in [1.807, 2.05) is 0 Å². The van der Waals surface area contributed by atoms with Crippen LogP contribution < -0.4 is 5.56 Å². The van der Waals surface area contributed by atoms with Crippen molar-refractivity contribution in [2.45, 2.75) is 6.10 Å². The fourth-order valence-electron chi connectivity index (χ4n) is 3.10. The number of cyclic esters (lactones) is 1. The van der Waals surface area contributed by atoms with E-state index in [1.165, 1.54) is 4.57 Å². The standard InChI is InChI=1S/C18H13NO4/c1-19-13-9-5-4-8-12(13)15(20)14(17(19)21)16-10-6-2-3-7-11(10)18(22)23-16/h2-9,16,20H,1H3. The number of carbonyl (C=O) groups excluding carboxylic acids is 1. The van der Waals surface area contributed by atoms with Crippen LogP contribution in [0.5, 0.6) is 5.75 Å². The molecule has 0 saturated carbocycles. The predicted molar refractivity (Wildman–Crippen MR) is 84.6 cm³/mol. The molecule has 1 aromatic heterocycles. The molecule has 1 N–H and O–H groups in total. The molecule has 2 heterocycles. The van der Waals surface area contributed by atoms with Gasteiger partial charge in [-0.15, -0.1) is 0 Å². The molecule has 23 heavy (non-hydrogen) atoms. The lowest BCUT2D eigenvalue weighted by molar-refractivity contribution is 0.0450. The van der Waals surface area contributed by atoms with Gasteiger partial charge in [0.1, 0.15) is 11.3 Å². The van der Waals surface area contributed by atoms with Gasteiger partial charge in [0, 0.05) is 18.0 Å². The average Bonchev–Trinajstić information content (AvgIpc) is 2.90. The maximum atomic E-state index is 12.7. The lowest BCUT2D eigenvalue weighted by atomic mass is 9.98. The van der Waals surface area contributed by atoms with Crippen molar-refractivity contribution in [3.05, 3.63) is 75.6 Å². The smallest absolute Gasteiger partial charge is 0.339 e. The fourth-order valence-corrected chi connectivity index (χ4v) is 3.10. The van der Waals surface area contributed by atoms with Crippen LogP contribution in [0, 0.1) is 0 Å². The summed E-state index contributed by atoms with van der Waals surface area (Å²) in [6.07, 6.45) is -0.887. The van der Waals surface area contributed by atoms with Crippen LogP contribution in [0.15, 0.2) is 53.3 Å². The number of aryl methyl sites for hydroxylation is 1. The number of carbonyl (C=O) groups is 1. The Morgan fingerprint density at radius 2 is 1.74 bits per heavy atom. The van der Waals surface area contributed by atoms with E-state index in [4.69, 9.17) is 4.74 Å². The largest absolute Gasteiger partial charge is 0.507 e. The van der Waals surface area contributed by atoms with E-state index in [-0.39, 0.29) is 16.9 Å². The first kappa shape index (κ1) is 13.6. The van der Waals surface area contributed by atoms with Crippen LogP contribution in [0.2, 0.25) is 0 Å². The summed E-state index contributed by atoms with van der Waals surface area (Å²) in [4.78, 5) is 24.7. The number of aromatic nitrogens is 1. The molecule has 1 aliphatic heterocycles. The van der Waals surface area contributed by atoms with Crippen LogP contribution in [-0.4, -0.2) is 15.6 Å². The van der Waals surface area contributed by atoms with Crippen molar-refractivity contribution in [3.8, 4) is 5.75 Å². The highest BCUT2D eigenvalue weighted by Gasteiger charge is 2.36. The Labute approximate surface area is 131 Å². The van der Waals surface area contributed by atoms with Gasteiger partial charge in [-0.2, -0.15) is 0 Å². The molecule has 5 heteroatoms. The molecule has 0 aliphatic carbocycles. The van der Waals surface area contributed by atoms with Crippen molar-refractivity contribution in [1.29, 1.82) is 0 Å². The topological polar surface area (TPSA) is 68.5 Å². The van der Waals surface area contributed by atoms with Gasteiger partial charge in [0.15, 0.2) is 6.10 Å². The Morgan fingerprint density at radius 1 is 1.04 bits per heavy atom. The van der Waals surface area contributed by atoms with E-state index < -0.39 is 12.1 Å². The van der Waals surface area contributed by atoms with Gasteiger partial charge in [0.2, 0.25) is 0 Å². The van der Waals surface area contributed by atoms with Crippen molar-refractivity contribution in [1.82, 2.24) is 4.57 Å². The van der Waals surface area contributed by atoms with Crippen molar-refractivity contribution in [2.24, 2.45) is 7.05 Å². The van der Waals surface area contributed by atoms with Crippen LogP contribution in [0.25, 0.3) is 10.9 Å². The number of benzene rings is 2. The number of nitrogens with zero attached hydrogens (tertiary/aromatic N) is 1. The molecule has 0 bridgehead atoms. The van der Waals surface area contributed by atoms with Crippen LogP contribution in [0.1, 0.15) is 27.6 Å². The summed E-state index contributed by atoms with van der Waals surface area (Å²) in [5.74, 6) is -0.626. The SMILES string of the molecule is Cn1c(=O)c(C2OC(=O)c3ccccc32)c(O)c2ccccc21. The van der Waals surface area contributed by atoms with Crippen LogP contribution in [-0.2, 0) is 11.8 Å². The van der Waals surface area contributed by atoms with E-state index in [0.29, 0.717) is 22.0 Å². The Bertz CT molecular complexity index is 1020. The summed E-state index contributed by atoms with van der Waals surface area (Å²) in [7, 11) is 1.64. The molecule has 5 nitrogen and oxygen atoms in total. The first-order valence-corrected chi connectivity index (χ1v) is 7.20. The molecule has 0 fully saturated rings. The summed E-state index contributed by atoms with van der Waals surface area (Å²) >= 11 is 0. The maximum Gasteiger partial charge on any atom is 0.339 e. The molecular weight excluding hydrogens is 294 g/mol. The third-order valence-electron chi connectivity index (χ3n) is 4.26. The van der Waals surface area contributed by atoms with E-state index in [0.717, 1.165) is 0 Å². The van der Waals surface area contributed by atoms with Crippen molar-refractivity contribution in [3.63, 3.8) is 0 Å². The highest BCUT2D eigenvalue weighted by Crippen LogP contribution is 2.39. The number of esters is 1. The number of rotatable bonds is 1. The minimum atomic E-state index is -0.887. The molecule has 4 rings (SSSR count). The van der Waals surface area contributed by atoms with Gasteiger partial charge in [-0.1, -0.05) is 30.3 Å². The third-order valence-corrected chi connectivity index (χ3v) is 4.26. The molecule has 0 spiro atoms. The molecule has 1 atom stereocenters. The summed E-state index contributed by atoms with van der Waals surface area (Å²) in [6, 6.07) is 14.0. The first-order chi connectivity index (χ1) is 11.1. The molecule has 3 aromatic rings. The molecule has 114 valence electrons. The maximum absolute atomic E-state index is 12.7. The van der Waals surface area contributed by atoms with Gasteiger partial charge >= 0.3 is 5.97 Å². The zero-order valence-electron chi connectivity index (χ0n) is 12.3. The van der Waals surface area contributed by atoms with Gasteiger partial charge in [-0.3, -0.25) is 4.79 Å². The van der Waals surface area contributed by atoms with Crippen molar-refractivity contribution >= 4 is 16.9 Å². The lowest BCUT2D eigenvalue weighted by Crippen LogP contribution is -2.24. The Balaban J connectivity index is 2.05. The number of para-hydroxylation sites is 1. The van der Waals surface area contributed by atoms with Crippen LogP contribution in [0.3, 0.4) is 0 Å². The number of ether oxygens (including phenoxy) is 1. The normalized spacial score (nSPS) is 16.4. The number of fused-ring (bicyclic) bond motifs is 2. The zero-order valence-corrected chi connectivity index (χ0v) is 12.3. The van der Waals surface area contributed by atoms with Crippen molar-refractivity contribution in [2.75, 3.05) is 0 Å². The molecule has 0 radical (unpaired) electrons. The van der Waals surface area contributed by atoms with Gasteiger partial charge in [0.25, 0.3) is 5.56 Å². The Kier molecular flexibility index (Phi) is 2.78. The van der Waals surface area contributed by atoms with Crippen LogP contribution in [0.4, 0.5) is 0 Å². The van der Waals surface area contributed by atoms with E-state index in [9.17, 15) is 14.7 Å². The molecule has 1 aliphatic rings. The van der Waals surface area contributed by atoms with Crippen molar-refractivity contribution < 1.29 is 14.6 Å². The molecule has 0 saturated heterocycles. The van der Waals surface area contributed by atoms with Gasteiger partial charge in [-0.05, 0) is 18.2 Å². The number of hydrogen-bond acceptors (Lipinski definition) is 4. The molecule has 1 unspecified atom stereocenters. The highest BCUT2D eigenvalue weighted by atomic mass is 16.5. The van der Waals surface area contributed by atoms with E-state index in [2.05, 4.69) is 0 Å². The lowest BCUT2D eigenvalue weighted by Gasteiger charge is -2.16. The zero-order chi connectivity index (χ0) is 16.1. The number of pyridine rings is 1. The second-order valence-corrected chi connectivity index (χ2v) is 5.52. The van der Waals surface area contributed by atoms with Gasteiger partial charge in [-0.25, -0.2) is 4.79 Å². The van der Waals surface area contributed by atoms with E-state index >= 15 is 0 Å². The second-order valence-electron chi connectivity index (χ2n) is 5.52. The summed E-state index contributed by atoms with van der Waals surface area (Å²) in [5.41, 5.74) is 1.35. The molecule has 2 aromatic carbocycles. The third kappa shape index (κ3) is 1.80. The summed E-state index contributed by atoms with van der Waals surface area (Å²) < 4.78 is 6.83. The van der Waals surface area contributed by atoms with Crippen LogP contribution >= 0.6 is 0 Å². The minimum absolute atomic E-state index is 0.0875. The highest BCUT2D eigenvalue weighted by molar-refractivity contribution is 5.95. The van der Waals surface area contributed by atoms with Gasteiger partial charge in [0.05, 0.1) is 11.1 Å². The molecule has 0 amide bonds. The second kappa shape index (κ2) is 4.71. The average molecular weight is 307 g/mol. The predicted octanol–water partition coefficient (Wildman–Crippen LogP) is 2.50. The molecular formula is C18H13NO4. The first-order valence-electron chi connectivity index (χ1n) is 7.20. The van der Waals surface area contributed by atoms with Gasteiger partial charge < -0.3 is 14.4 Å². The quantitative estimate of drug-likeness (QED) is 0.701.